The summed E-state index contributed by atoms with van der Waals surface area (Å²) < 4.78 is 0. The number of hydrogen-bond donors (Lipinski definition) is 1. The van der Waals surface area contributed by atoms with Gasteiger partial charge in [-0.05, 0) is 57.4 Å². The largest absolute Gasteiger partial charge is 0.314 e. The average molecular weight is 260 g/mol. The quantitative estimate of drug-likeness (QED) is 0.846. The van der Waals surface area contributed by atoms with Gasteiger partial charge in [-0.1, -0.05) is 43.7 Å². The average Bonchev–Trinajstić information content (AvgIpc) is 2.46. The highest BCUT2D eigenvalue weighted by atomic mass is 15.1. The number of nitrogens with one attached hydrogen (secondary N) is 1. The lowest BCUT2D eigenvalue weighted by Gasteiger charge is -2.30. The molecule has 1 fully saturated rings. The minimum atomic E-state index is 0.737. The summed E-state index contributed by atoms with van der Waals surface area (Å²) in [6.07, 6.45) is 5.07. The fourth-order valence-electron chi connectivity index (χ4n) is 2.85. The molecule has 1 saturated heterocycles. The summed E-state index contributed by atoms with van der Waals surface area (Å²) in [7, 11) is 2.22. The van der Waals surface area contributed by atoms with E-state index in [0.29, 0.717) is 0 Å². The molecule has 1 N–H and O–H groups in total. The van der Waals surface area contributed by atoms with Crippen LogP contribution in [0.15, 0.2) is 30.3 Å². The molecule has 2 nitrogen and oxygen atoms in total. The van der Waals surface area contributed by atoms with E-state index in [0.717, 1.165) is 12.0 Å². The first-order valence-corrected chi connectivity index (χ1v) is 7.73. The van der Waals surface area contributed by atoms with Crippen molar-refractivity contribution in [2.75, 3.05) is 26.7 Å². The molecule has 0 spiro atoms. The van der Waals surface area contributed by atoms with Crippen molar-refractivity contribution in [3.8, 4) is 0 Å². The molecule has 1 aliphatic rings. The van der Waals surface area contributed by atoms with Crippen LogP contribution in [0.5, 0.6) is 0 Å². The lowest BCUT2D eigenvalue weighted by Crippen LogP contribution is -2.42. The molecule has 0 amide bonds. The molecule has 0 aliphatic carbocycles. The Labute approximate surface area is 118 Å². The first-order valence-electron chi connectivity index (χ1n) is 7.73. The molecule has 2 rings (SSSR count). The molecule has 1 heterocycles. The monoisotopic (exact) mass is 260 g/mol. The Bertz CT molecular complexity index is 342. The van der Waals surface area contributed by atoms with Gasteiger partial charge in [0.25, 0.3) is 0 Å². The highest BCUT2D eigenvalue weighted by molar-refractivity contribution is 5.15. The highest BCUT2D eigenvalue weighted by Gasteiger charge is 2.17. The zero-order valence-corrected chi connectivity index (χ0v) is 12.4. The summed E-state index contributed by atoms with van der Waals surface area (Å²) in [5, 5.41) is 3.79. The van der Waals surface area contributed by atoms with Crippen molar-refractivity contribution in [2.45, 2.75) is 38.6 Å². The van der Waals surface area contributed by atoms with Gasteiger partial charge in [-0.2, -0.15) is 0 Å². The predicted molar refractivity (Wildman–Crippen MR) is 82.4 cm³/mol. The van der Waals surface area contributed by atoms with Crippen LogP contribution in [0.3, 0.4) is 0 Å². The zero-order chi connectivity index (χ0) is 13.5. The van der Waals surface area contributed by atoms with Crippen molar-refractivity contribution in [3.05, 3.63) is 35.9 Å². The smallest absolute Gasteiger partial charge is 0.00915 e. The highest BCUT2D eigenvalue weighted by Crippen LogP contribution is 2.13. The van der Waals surface area contributed by atoms with Gasteiger partial charge in [-0.3, -0.25) is 0 Å². The van der Waals surface area contributed by atoms with Gasteiger partial charge in [0.2, 0.25) is 0 Å². The van der Waals surface area contributed by atoms with Crippen molar-refractivity contribution < 1.29 is 0 Å². The maximum absolute atomic E-state index is 3.79. The number of hydrogen-bond acceptors (Lipinski definition) is 2. The Morgan fingerprint density at radius 3 is 2.53 bits per heavy atom. The molecule has 0 bridgehead atoms. The van der Waals surface area contributed by atoms with Gasteiger partial charge in [0.15, 0.2) is 0 Å². The van der Waals surface area contributed by atoms with Gasteiger partial charge in [0.05, 0.1) is 0 Å². The summed E-state index contributed by atoms with van der Waals surface area (Å²) in [5.74, 6) is 0.766. The molecular formula is C17H28N2. The van der Waals surface area contributed by atoms with E-state index in [1.165, 1.54) is 50.9 Å². The number of benzene rings is 1. The van der Waals surface area contributed by atoms with E-state index in [-0.39, 0.29) is 0 Å². The van der Waals surface area contributed by atoms with Crippen molar-refractivity contribution in [1.82, 2.24) is 10.2 Å². The molecule has 19 heavy (non-hydrogen) atoms. The molecule has 0 saturated carbocycles. The SMILES string of the molecule is CCC(CNC1CCN(C)CC1)Cc1ccccc1. The second-order valence-corrected chi connectivity index (χ2v) is 5.95. The Kier molecular flexibility index (Phi) is 5.87. The molecule has 0 radical (unpaired) electrons. The van der Waals surface area contributed by atoms with Gasteiger partial charge in [0.1, 0.15) is 0 Å². The zero-order valence-electron chi connectivity index (χ0n) is 12.4. The topological polar surface area (TPSA) is 15.3 Å². The minimum Gasteiger partial charge on any atom is -0.314 e. The van der Waals surface area contributed by atoms with Gasteiger partial charge in [-0.25, -0.2) is 0 Å². The molecule has 1 aromatic rings. The molecule has 0 aromatic heterocycles. The molecular weight excluding hydrogens is 232 g/mol. The van der Waals surface area contributed by atoms with Crippen LogP contribution < -0.4 is 5.32 Å². The van der Waals surface area contributed by atoms with E-state index in [2.05, 4.69) is 54.5 Å². The second kappa shape index (κ2) is 7.66. The van der Waals surface area contributed by atoms with Crippen molar-refractivity contribution in [2.24, 2.45) is 5.92 Å². The van der Waals surface area contributed by atoms with E-state index in [4.69, 9.17) is 0 Å². The number of piperidine rings is 1. The van der Waals surface area contributed by atoms with Gasteiger partial charge in [-0.15, -0.1) is 0 Å². The maximum Gasteiger partial charge on any atom is 0.00915 e. The minimum absolute atomic E-state index is 0.737. The standard InChI is InChI=1S/C17H28N2/c1-3-15(13-16-7-5-4-6-8-16)14-18-17-9-11-19(2)12-10-17/h4-8,15,17-18H,3,9-14H2,1-2H3. The third-order valence-corrected chi connectivity index (χ3v) is 4.36. The Morgan fingerprint density at radius 2 is 1.89 bits per heavy atom. The van der Waals surface area contributed by atoms with Crippen LogP contribution in [0.2, 0.25) is 0 Å². The van der Waals surface area contributed by atoms with Crippen LogP contribution in [0.1, 0.15) is 31.7 Å². The second-order valence-electron chi connectivity index (χ2n) is 5.95. The summed E-state index contributed by atoms with van der Waals surface area (Å²) in [4.78, 5) is 2.43. The Hall–Kier alpha value is -0.860. The molecule has 1 aromatic carbocycles. The van der Waals surface area contributed by atoms with Crippen molar-refractivity contribution in [1.29, 1.82) is 0 Å². The predicted octanol–water partition coefficient (Wildman–Crippen LogP) is 2.94. The summed E-state index contributed by atoms with van der Waals surface area (Å²) in [5.41, 5.74) is 1.47. The molecule has 106 valence electrons. The van der Waals surface area contributed by atoms with E-state index >= 15 is 0 Å². The molecule has 1 aliphatic heterocycles. The number of nitrogens with zero attached hydrogens (tertiary/aromatic N) is 1. The first kappa shape index (κ1) is 14.5. The molecule has 2 heteroatoms. The maximum atomic E-state index is 3.79. The van der Waals surface area contributed by atoms with Gasteiger partial charge in [0, 0.05) is 6.04 Å². The third-order valence-electron chi connectivity index (χ3n) is 4.36. The van der Waals surface area contributed by atoms with Crippen LogP contribution in [0.25, 0.3) is 0 Å². The Morgan fingerprint density at radius 1 is 1.21 bits per heavy atom. The first-order chi connectivity index (χ1) is 9.28. The van der Waals surface area contributed by atoms with E-state index in [1.54, 1.807) is 0 Å². The number of likely N-dealkylation sites (tertiary alicyclic amines) is 1. The van der Waals surface area contributed by atoms with Crippen LogP contribution >= 0.6 is 0 Å². The summed E-state index contributed by atoms with van der Waals surface area (Å²) in [6, 6.07) is 11.6. The van der Waals surface area contributed by atoms with E-state index in [1.807, 2.05) is 0 Å². The third kappa shape index (κ3) is 4.96. The summed E-state index contributed by atoms with van der Waals surface area (Å²) >= 11 is 0. The summed E-state index contributed by atoms with van der Waals surface area (Å²) in [6.45, 7) is 5.96. The van der Waals surface area contributed by atoms with Crippen LogP contribution in [-0.4, -0.2) is 37.6 Å². The lowest BCUT2D eigenvalue weighted by molar-refractivity contribution is 0.229. The van der Waals surface area contributed by atoms with Gasteiger partial charge >= 0.3 is 0 Å². The van der Waals surface area contributed by atoms with Crippen LogP contribution in [0.4, 0.5) is 0 Å². The van der Waals surface area contributed by atoms with Crippen LogP contribution in [-0.2, 0) is 6.42 Å². The molecule has 1 unspecified atom stereocenters. The van der Waals surface area contributed by atoms with Gasteiger partial charge < -0.3 is 10.2 Å². The fraction of sp³-hybridized carbons (Fsp3) is 0.647. The van der Waals surface area contributed by atoms with E-state index < -0.39 is 0 Å². The van der Waals surface area contributed by atoms with Crippen molar-refractivity contribution >= 4 is 0 Å². The van der Waals surface area contributed by atoms with E-state index in [9.17, 15) is 0 Å². The van der Waals surface area contributed by atoms with Crippen LogP contribution in [0, 0.1) is 5.92 Å². The normalized spacial score (nSPS) is 19.5. The lowest BCUT2D eigenvalue weighted by atomic mass is 9.96. The Balaban J connectivity index is 1.73. The molecule has 1 atom stereocenters. The number of rotatable bonds is 6. The fourth-order valence-corrected chi connectivity index (χ4v) is 2.85. The van der Waals surface area contributed by atoms with Crippen molar-refractivity contribution in [3.63, 3.8) is 0 Å².